The van der Waals surface area contributed by atoms with Crippen molar-refractivity contribution in [3.63, 3.8) is 0 Å². The second-order valence-corrected chi connectivity index (χ2v) is 10.7. The Morgan fingerprint density at radius 3 is 2.64 bits per heavy atom. The van der Waals surface area contributed by atoms with Crippen LogP contribution < -0.4 is 24.8 Å². The quantitative estimate of drug-likeness (QED) is 0.259. The number of anilines is 2. The van der Waals surface area contributed by atoms with E-state index in [4.69, 9.17) is 19.3 Å². The van der Waals surface area contributed by atoms with Gasteiger partial charge in [-0.25, -0.2) is 4.68 Å². The number of methoxy groups -OCH3 is 1. The average molecular weight is 552 g/mol. The normalized spacial score (nSPS) is 14.6. The number of benzene rings is 2. The van der Waals surface area contributed by atoms with Gasteiger partial charge in [0.15, 0.2) is 11.5 Å². The molecule has 1 aliphatic heterocycles. The number of carbonyl (C=O) groups excluding carboxylic acids is 1. The van der Waals surface area contributed by atoms with Crippen molar-refractivity contribution < 1.29 is 19.0 Å². The highest BCUT2D eigenvalue weighted by atomic mass is 32.2. The molecule has 4 rings (SSSR count). The highest BCUT2D eigenvalue weighted by Gasteiger charge is 2.35. The van der Waals surface area contributed by atoms with Crippen molar-refractivity contribution in [2.75, 3.05) is 36.7 Å². The number of aromatic nitrogens is 3. The Morgan fingerprint density at radius 1 is 1.13 bits per heavy atom. The smallest absolute Gasteiger partial charge is 0.255 e. The molecule has 0 aliphatic carbocycles. The van der Waals surface area contributed by atoms with E-state index in [-0.39, 0.29) is 5.91 Å². The van der Waals surface area contributed by atoms with E-state index < -0.39 is 6.04 Å². The van der Waals surface area contributed by atoms with Gasteiger partial charge in [0.1, 0.15) is 11.8 Å². The van der Waals surface area contributed by atoms with Gasteiger partial charge in [-0.2, -0.15) is 4.98 Å². The summed E-state index contributed by atoms with van der Waals surface area (Å²) < 4.78 is 19.2. The van der Waals surface area contributed by atoms with E-state index in [0.717, 1.165) is 17.7 Å². The standard InChI is InChI=1S/C29H37N5O4S/c1-7-37-22-12-10-9-11-21(22)31-27(35)25-19(5)30-28-32-29(39-8-2)33-34(28)26(25)20-13-14-23(24(17-20)36-6)38-16-15-18(3)4/h9-14,17-18,26H,7-8,15-16H2,1-6H3,(H,31,35)(H,30,32,33). The van der Waals surface area contributed by atoms with Crippen LogP contribution in [0.5, 0.6) is 17.2 Å². The largest absolute Gasteiger partial charge is 0.493 e. The van der Waals surface area contributed by atoms with Crippen LogP contribution in [0, 0.1) is 5.92 Å². The number of rotatable bonds is 12. The molecule has 39 heavy (non-hydrogen) atoms. The Morgan fingerprint density at radius 2 is 1.92 bits per heavy atom. The second kappa shape index (κ2) is 12.9. The third-order valence-corrected chi connectivity index (χ3v) is 6.96. The van der Waals surface area contributed by atoms with Crippen LogP contribution in [0.2, 0.25) is 0 Å². The molecule has 3 aromatic rings. The number of thioether (sulfide) groups is 1. The lowest BCUT2D eigenvalue weighted by atomic mass is 9.94. The number of allylic oxidation sites excluding steroid dienone is 1. The van der Waals surface area contributed by atoms with Crippen LogP contribution in [0.3, 0.4) is 0 Å². The summed E-state index contributed by atoms with van der Waals surface area (Å²) in [5, 5.41) is 11.7. The highest BCUT2D eigenvalue weighted by molar-refractivity contribution is 7.99. The van der Waals surface area contributed by atoms with Gasteiger partial charge in [-0.05, 0) is 61.8 Å². The molecule has 10 heteroatoms. The first-order valence-electron chi connectivity index (χ1n) is 13.3. The lowest BCUT2D eigenvalue weighted by Crippen LogP contribution is -2.31. The van der Waals surface area contributed by atoms with Gasteiger partial charge >= 0.3 is 0 Å². The SMILES string of the molecule is CCOc1ccccc1NC(=O)C1=C(C)Nc2nc(SCC)nn2C1c1ccc(OCCC(C)C)c(OC)c1. The molecule has 1 aliphatic rings. The number of hydrogen-bond donors (Lipinski definition) is 2. The summed E-state index contributed by atoms with van der Waals surface area (Å²) in [6.45, 7) is 11.2. The van der Waals surface area contributed by atoms with Crippen molar-refractivity contribution in [2.24, 2.45) is 5.92 Å². The Bertz CT molecular complexity index is 1340. The number of hydrogen-bond acceptors (Lipinski definition) is 8. The zero-order valence-corrected chi connectivity index (χ0v) is 24.2. The number of para-hydroxylation sites is 2. The predicted molar refractivity (Wildman–Crippen MR) is 155 cm³/mol. The molecule has 0 saturated heterocycles. The summed E-state index contributed by atoms with van der Waals surface area (Å²) in [6, 6.07) is 12.6. The molecule has 1 unspecified atom stereocenters. The van der Waals surface area contributed by atoms with Gasteiger partial charge in [-0.3, -0.25) is 4.79 Å². The Kier molecular flexibility index (Phi) is 9.40. The van der Waals surface area contributed by atoms with E-state index >= 15 is 0 Å². The van der Waals surface area contributed by atoms with E-state index in [0.29, 0.717) is 64.4 Å². The monoisotopic (exact) mass is 551 g/mol. The van der Waals surface area contributed by atoms with Gasteiger partial charge in [0.05, 0.1) is 31.6 Å². The zero-order valence-electron chi connectivity index (χ0n) is 23.4. The lowest BCUT2D eigenvalue weighted by Gasteiger charge is -2.29. The summed E-state index contributed by atoms with van der Waals surface area (Å²) >= 11 is 1.55. The number of nitrogens with one attached hydrogen (secondary N) is 2. The van der Waals surface area contributed by atoms with Crippen LogP contribution in [-0.2, 0) is 4.79 Å². The van der Waals surface area contributed by atoms with Crippen LogP contribution in [0.15, 0.2) is 58.9 Å². The molecule has 1 atom stereocenters. The van der Waals surface area contributed by atoms with Gasteiger partial charge in [0.2, 0.25) is 11.1 Å². The minimum atomic E-state index is -0.544. The van der Waals surface area contributed by atoms with E-state index in [1.807, 2.05) is 56.3 Å². The Labute approximate surface area is 234 Å². The second-order valence-electron chi connectivity index (χ2n) is 9.49. The van der Waals surface area contributed by atoms with Crippen molar-refractivity contribution in [3.8, 4) is 17.2 Å². The summed E-state index contributed by atoms with van der Waals surface area (Å²) in [6.07, 6.45) is 0.939. The Balaban J connectivity index is 1.74. The third-order valence-electron chi connectivity index (χ3n) is 6.24. The maximum absolute atomic E-state index is 13.9. The highest BCUT2D eigenvalue weighted by Crippen LogP contribution is 2.40. The lowest BCUT2D eigenvalue weighted by molar-refractivity contribution is -0.113. The molecule has 0 spiro atoms. The van der Waals surface area contributed by atoms with Crippen molar-refractivity contribution in [1.82, 2.24) is 14.8 Å². The molecule has 0 fully saturated rings. The van der Waals surface area contributed by atoms with Crippen LogP contribution in [0.4, 0.5) is 11.6 Å². The maximum atomic E-state index is 13.9. The minimum Gasteiger partial charge on any atom is -0.493 e. The Hall–Kier alpha value is -3.66. The molecule has 0 radical (unpaired) electrons. The number of carbonyl (C=O) groups is 1. The van der Waals surface area contributed by atoms with Gasteiger partial charge < -0.3 is 24.8 Å². The van der Waals surface area contributed by atoms with Crippen molar-refractivity contribution in [2.45, 2.75) is 52.2 Å². The predicted octanol–water partition coefficient (Wildman–Crippen LogP) is 6.15. The summed E-state index contributed by atoms with van der Waals surface area (Å²) in [5.41, 5.74) is 2.63. The molecule has 1 aromatic heterocycles. The topological polar surface area (TPSA) is 99.5 Å². The van der Waals surface area contributed by atoms with Crippen LogP contribution in [-0.4, -0.2) is 46.7 Å². The first-order valence-corrected chi connectivity index (χ1v) is 14.3. The van der Waals surface area contributed by atoms with Crippen LogP contribution in [0.1, 0.15) is 52.6 Å². The molecule has 1 amide bonds. The van der Waals surface area contributed by atoms with Gasteiger partial charge in [0, 0.05) is 5.70 Å². The third kappa shape index (κ3) is 6.50. The van der Waals surface area contributed by atoms with E-state index in [9.17, 15) is 4.79 Å². The summed E-state index contributed by atoms with van der Waals surface area (Å²) in [7, 11) is 1.62. The van der Waals surface area contributed by atoms with E-state index in [2.05, 4.69) is 36.4 Å². The molecular weight excluding hydrogens is 514 g/mol. The molecule has 2 aromatic carbocycles. The molecule has 9 nitrogen and oxygen atoms in total. The van der Waals surface area contributed by atoms with Gasteiger partial charge in [0.25, 0.3) is 5.91 Å². The molecule has 0 saturated carbocycles. The van der Waals surface area contributed by atoms with Crippen LogP contribution >= 0.6 is 11.8 Å². The first kappa shape index (κ1) is 28.4. The average Bonchev–Trinajstić information content (AvgIpc) is 3.31. The fraction of sp³-hybridized carbons (Fsp3) is 0.414. The minimum absolute atomic E-state index is 0.265. The van der Waals surface area contributed by atoms with Gasteiger partial charge in [-0.1, -0.05) is 50.7 Å². The number of amides is 1. The molecule has 2 N–H and O–H groups in total. The molecule has 2 heterocycles. The maximum Gasteiger partial charge on any atom is 0.255 e. The van der Waals surface area contributed by atoms with Crippen LogP contribution in [0.25, 0.3) is 0 Å². The summed E-state index contributed by atoms with van der Waals surface area (Å²) in [4.78, 5) is 18.6. The number of nitrogens with zero attached hydrogens (tertiary/aromatic N) is 3. The van der Waals surface area contributed by atoms with E-state index in [1.54, 1.807) is 23.6 Å². The number of ether oxygens (including phenoxy) is 3. The van der Waals surface area contributed by atoms with Gasteiger partial charge in [-0.15, -0.1) is 5.10 Å². The van der Waals surface area contributed by atoms with Crippen molar-refractivity contribution >= 4 is 29.3 Å². The van der Waals surface area contributed by atoms with Crippen molar-refractivity contribution in [1.29, 1.82) is 0 Å². The fourth-order valence-electron chi connectivity index (χ4n) is 4.34. The number of fused-ring (bicyclic) bond motifs is 1. The molecule has 0 bridgehead atoms. The summed E-state index contributed by atoms with van der Waals surface area (Å²) in [5.74, 6) is 3.55. The molecular formula is C29H37N5O4S. The fourth-order valence-corrected chi connectivity index (χ4v) is 4.90. The molecule has 208 valence electrons. The first-order chi connectivity index (χ1) is 18.9. The van der Waals surface area contributed by atoms with E-state index in [1.165, 1.54) is 0 Å². The van der Waals surface area contributed by atoms with Crippen molar-refractivity contribution in [3.05, 3.63) is 59.3 Å². The zero-order chi connectivity index (χ0) is 27.9.